The number of nitrogens with two attached hydrogens (primary N) is 2. The number of likely N-dealkylation sites (N-methyl/N-ethyl adjacent to an activating group) is 1. The molecule has 1 atom stereocenters. The molecule has 1 saturated heterocycles. The first kappa shape index (κ1) is 10.1. The molecule has 1 aliphatic rings. The Kier molecular flexibility index (Phi) is 3.36. The Labute approximate surface area is 79.4 Å². The first-order chi connectivity index (χ1) is 6.15. The predicted molar refractivity (Wildman–Crippen MR) is 54.1 cm³/mol. The monoisotopic (exact) mass is 185 g/mol. The fourth-order valence-corrected chi connectivity index (χ4v) is 1.67. The summed E-state index contributed by atoms with van der Waals surface area (Å²) >= 11 is 0. The quantitative estimate of drug-likeness (QED) is 0.243. The molecule has 76 valence electrons. The van der Waals surface area contributed by atoms with E-state index in [1.165, 1.54) is 6.42 Å². The van der Waals surface area contributed by atoms with Gasteiger partial charge >= 0.3 is 0 Å². The lowest BCUT2D eigenvalue weighted by atomic mass is 10.1. The van der Waals surface area contributed by atoms with E-state index in [-0.39, 0.29) is 0 Å². The van der Waals surface area contributed by atoms with Crippen molar-refractivity contribution in [1.82, 2.24) is 9.80 Å². The highest BCUT2D eigenvalue weighted by atomic mass is 15.3. The summed E-state index contributed by atoms with van der Waals surface area (Å²) in [4.78, 5) is 4.25. The summed E-state index contributed by atoms with van der Waals surface area (Å²) in [6, 6.07) is 0.564. The lowest BCUT2D eigenvalue weighted by Gasteiger charge is -2.36. The van der Waals surface area contributed by atoms with Crippen LogP contribution >= 0.6 is 0 Å². The number of piperidine rings is 1. The minimum Gasteiger partial charge on any atom is -0.368 e. The lowest BCUT2D eigenvalue weighted by Crippen LogP contribution is -2.50. The highest BCUT2D eigenvalue weighted by Crippen LogP contribution is 2.12. The van der Waals surface area contributed by atoms with E-state index < -0.39 is 0 Å². The van der Waals surface area contributed by atoms with Crippen molar-refractivity contribution in [1.29, 1.82) is 0 Å². The van der Waals surface area contributed by atoms with Crippen LogP contribution in [0.15, 0.2) is 5.10 Å². The second-order valence-corrected chi connectivity index (χ2v) is 3.69. The highest BCUT2D eigenvalue weighted by Gasteiger charge is 2.22. The Morgan fingerprint density at radius 3 is 2.77 bits per heavy atom. The molecule has 4 N–H and O–H groups in total. The van der Waals surface area contributed by atoms with Crippen LogP contribution in [0.1, 0.15) is 12.8 Å². The maximum atomic E-state index is 5.64. The molecule has 1 unspecified atom stereocenters. The van der Waals surface area contributed by atoms with Gasteiger partial charge in [0.1, 0.15) is 0 Å². The minimum atomic E-state index is 0.451. The molecular formula is C8H19N5. The molecule has 0 radical (unpaired) electrons. The molecule has 5 nitrogen and oxygen atoms in total. The van der Waals surface area contributed by atoms with Gasteiger partial charge in [-0.3, -0.25) is 0 Å². The first-order valence-corrected chi connectivity index (χ1v) is 4.60. The van der Waals surface area contributed by atoms with E-state index in [0.29, 0.717) is 12.0 Å². The highest BCUT2D eigenvalue weighted by molar-refractivity contribution is 5.77. The molecule has 13 heavy (non-hydrogen) atoms. The average Bonchev–Trinajstić information content (AvgIpc) is 2.17. The van der Waals surface area contributed by atoms with Crippen molar-refractivity contribution >= 4 is 5.96 Å². The molecule has 0 bridgehead atoms. The van der Waals surface area contributed by atoms with Crippen LogP contribution in [0.2, 0.25) is 0 Å². The van der Waals surface area contributed by atoms with E-state index in [2.05, 4.69) is 24.1 Å². The maximum Gasteiger partial charge on any atom is 0.213 e. The van der Waals surface area contributed by atoms with Crippen LogP contribution in [0, 0.1) is 0 Å². The third-order valence-corrected chi connectivity index (χ3v) is 2.58. The number of nitrogens with zero attached hydrogens (tertiary/aromatic N) is 3. The van der Waals surface area contributed by atoms with Gasteiger partial charge in [-0.25, -0.2) is 0 Å². The Balaban J connectivity index is 2.51. The zero-order chi connectivity index (χ0) is 9.84. The van der Waals surface area contributed by atoms with Crippen molar-refractivity contribution in [2.24, 2.45) is 16.7 Å². The molecule has 0 saturated carbocycles. The fourth-order valence-electron chi connectivity index (χ4n) is 1.67. The van der Waals surface area contributed by atoms with Crippen LogP contribution in [-0.2, 0) is 0 Å². The number of rotatable bonds is 1. The Hall–Kier alpha value is -0.970. The van der Waals surface area contributed by atoms with Gasteiger partial charge in [-0.2, -0.15) is 0 Å². The average molecular weight is 185 g/mol. The van der Waals surface area contributed by atoms with Crippen molar-refractivity contribution in [3.05, 3.63) is 0 Å². The number of likely N-dealkylation sites (tertiary alicyclic amines) is 1. The smallest absolute Gasteiger partial charge is 0.213 e. The summed E-state index contributed by atoms with van der Waals surface area (Å²) in [5.74, 6) is 5.58. The van der Waals surface area contributed by atoms with Crippen molar-refractivity contribution < 1.29 is 0 Å². The molecule has 1 heterocycles. The second-order valence-electron chi connectivity index (χ2n) is 3.69. The van der Waals surface area contributed by atoms with Crippen molar-refractivity contribution in [2.75, 3.05) is 27.2 Å². The number of guanidine groups is 1. The van der Waals surface area contributed by atoms with Gasteiger partial charge in [0.15, 0.2) is 0 Å². The van der Waals surface area contributed by atoms with E-state index >= 15 is 0 Å². The molecule has 0 aromatic heterocycles. The molecular weight excluding hydrogens is 166 g/mol. The van der Waals surface area contributed by atoms with Crippen molar-refractivity contribution in [3.63, 3.8) is 0 Å². The standard InChI is InChI=1S/C8H19N5/c1-12(2)7-4-3-5-13(6-7)8(9)11-10/h7H,3-6,10H2,1-2H3,(H2,9,11). The summed E-state index contributed by atoms with van der Waals surface area (Å²) in [5.41, 5.74) is 5.64. The molecule has 0 aliphatic carbocycles. The molecule has 1 fully saturated rings. The normalized spacial score (nSPS) is 25.3. The largest absolute Gasteiger partial charge is 0.368 e. The fraction of sp³-hybridized carbons (Fsp3) is 0.875. The van der Waals surface area contributed by atoms with E-state index in [1.54, 1.807) is 0 Å². The zero-order valence-electron chi connectivity index (χ0n) is 8.40. The number of hydrogen-bond donors (Lipinski definition) is 2. The van der Waals surface area contributed by atoms with E-state index in [4.69, 9.17) is 11.6 Å². The topological polar surface area (TPSA) is 70.9 Å². The molecule has 5 heteroatoms. The van der Waals surface area contributed by atoms with Crippen molar-refractivity contribution in [3.8, 4) is 0 Å². The molecule has 0 aromatic carbocycles. The molecule has 0 aromatic rings. The van der Waals surface area contributed by atoms with Crippen LogP contribution in [0.3, 0.4) is 0 Å². The van der Waals surface area contributed by atoms with Crippen molar-refractivity contribution in [2.45, 2.75) is 18.9 Å². The summed E-state index contributed by atoms with van der Waals surface area (Å²) in [6.07, 6.45) is 2.38. The van der Waals surface area contributed by atoms with Crippen LogP contribution in [-0.4, -0.2) is 49.0 Å². The van der Waals surface area contributed by atoms with Gasteiger partial charge in [-0.1, -0.05) is 0 Å². The summed E-state index contributed by atoms with van der Waals surface area (Å²) in [5, 5.41) is 3.51. The van der Waals surface area contributed by atoms with Gasteiger partial charge in [-0.15, -0.1) is 5.10 Å². The Bertz CT molecular complexity index is 189. The first-order valence-electron chi connectivity index (χ1n) is 4.60. The summed E-state index contributed by atoms with van der Waals surface area (Å²) < 4.78 is 0. The maximum absolute atomic E-state index is 5.64. The van der Waals surface area contributed by atoms with E-state index in [1.807, 2.05) is 4.90 Å². The lowest BCUT2D eigenvalue weighted by molar-refractivity contribution is 0.183. The predicted octanol–water partition coefficient (Wildman–Crippen LogP) is -0.799. The third-order valence-electron chi connectivity index (χ3n) is 2.58. The van der Waals surface area contributed by atoms with Gasteiger partial charge in [-0.05, 0) is 26.9 Å². The van der Waals surface area contributed by atoms with Gasteiger partial charge in [0.2, 0.25) is 5.96 Å². The van der Waals surface area contributed by atoms with Gasteiger partial charge in [0, 0.05) is 19.1 Å². The number of hydrogen-bond acceptors (Lipinski definition) is 3. The van der Waals surface area contributed by atoms with Crippen LogP contribution < -0.4 is 11.6 Å². The number of hydrazone groups is 1. The second kappa shape index (κ2) is 4.32. The molecule has 0 amide bonds. The van der Waals surface area contributed by atoms with Gasteiger partial charge in [0.25, 0.3) is 0 Å². The SMILES string of the molecule is CN(C)C1CCCN(C(N)=NN)C1. The Morgan fingerprint density at radius 2 is 2.23 bits per heavy atom. The molecule has 0 spiro atoms. The van der Waals surface area contributed by atoms with Crippen LogP contribution in [0.4, 0.5) is 0 Å². The zero-order valence-corrected chi connectivity index (χ0v) is 8.40. The molecule has 1 rings (SSSR count). The Morgan fingerprint density at radius 1 is 1.54 bits per heavy atom. The van der Waals surface area contributed by atoms with E-state index in [9.17, 15) is 0 Å². The van der Waals surface area contributed by atoms with Crippen LogP contribution in [0.25, 0.3) is 0 Å². The molecule has 1 aliphatic heterocycles. The minimum absolute atomic E-state index is 0.451. The van der Waals surface area contributed by atoms with E-state index in [0.717, 1.165) is 19.5 Å². The van der Waals surface area contributed by atoms with Gasteiger partial charge < -0.3 is 21.4 Å². The third kappa shape index (κ3) is 2.48. The summed E-state index contributed by atoms with van der Waals surface area (Å²) in [7, 11) is 4.17. The van der Waals surface area contributed by atoms with Gasteiger partial charge in [0.05, 0.1) is 0 Å². The summed E-state index contributed by atoms with van der Waals surface area (Å²) in [6.45, 7) is 1.90. The van der Waals surface area contributed by atoms with Crippen LogP contribution in [0.5, 0.6) is 0 Å².